The van der Waals surface area contributed by atoms with Crippen LogP contribution in [0.1, 0.15) is 17.5 Å². The molecule has 0 saturated carbocycles. The van der Waals surface area contributed by atoms with Crippen molar-refractivity contribution in [3.63, 3.8) is 0 Å². The molecule has 0 saturated heterocycles. The summed E-state index contributed by atoms with van der Waals surface area (Å²) in [6.07, 6.45) is 0.541. The summed E-state index contributed by atoms with van der Waals surface area (Å²) in [5.41, 5.74) is 2.37. The van der Waals surface area contributed by atoms with Crippen LogP contribution >= 0.6 is 0 Å². The van der Waals surface area contributed by atoms with Gasteiger partial charge in [0, 0.05) is 6.54 Å². The summed E-state index contributed by atoms with van der Waals surface area (Å²) in [7, 11) is 1.27. The quantitative estimate of drug-likeness (QED) is 0.616. The highest BCUT2D eigenvalue weighted by Gasteiger charge is 2.08. The first kappa shape index (κ1) is 13.2. The van der Waals surface area contributed by atoms with Crippen LogP contribution in [0.2, 0.25) is 0 Å². The third-order valence-electron chi connectivity index (χ3n) is 2.35. The van der Waals surface area contributed by atoms with Crippen molar-refractivity contribution in [1.82, 2.24) is 5.32 Å². The average Bonchev–Trinajstić information content (AvgIpc) is 2.29. The zero-order valence-corrected chi connectivity index (χ0v) is 10.2. The molecule has 0 radical (unpaired) electrons. The number of nitrogens with one attached hydrogen (secondary N) is 1. The predicted molar refractivity (Wildman–Crippen MR) is 64.5 cm³/mol. The van der Waals surface area contributed by atoms with E-state index in [9.17, 15) is 9.59 Å². The molecule has 0 atom stereocenters. The Morgan fingerprint density at radius 1 is 1.35 bits per heavy atom. The van der Waals surface area contributed by atoms with Crippen LogP contribution in [-0.2, 0) is 20.7 Å². The molecular weight excluding hydrogens is 218 g/mol. The van der Waals surface area contributed by atoms with Gasteiger partial charge in [-0.2, -0.15) is 0 Å². The normalized spacial score (nSPS) is 9.76. The summed E-state index contributed by atoms with van der Waals surface area (Å²) < 4.78 is 4.40. The first-order valence-corrected chi connectivity index (χ1v) is 5.51. The molecule has 4 nitrogen and oxygen atoms in total. The molecule has 0 fully saturated rings. The Bertz CT molecular complexity index is 401. The number of hydrogen-bond acceptors (Lipinski definition) is 3. The number of benzene rings is 1. The van der Waals surface area contributed by atoms with Crippen molar-refractivity contribution < 1.29 is 14.3 Å². The number of rotatable bonds is 5. The second-order valence-corrected chi connectivity index (χ2v) is 3.84. The van der Waals surface area contributed by atoms with E-state index in [4.69, 9.17) is 0 Å². The Balaban J connectivity index is 2.28. The van der Waals surface area contributed by atoms with Gasteiger partial charge in [-0.1, -0.05) is 29.8 Å². The molecule has 1 aromatic rings. The molecule has 0 aliphatic heterocycles. The summed E-state index contributed by atoms with van der Waals surface area (Å²) >= 11 is 0. The van der Waals surface area contributed by atoms with Gasteiger partial charge in [-0.3, -0.25) is 9.59 Å². The fourth-order valence-corrected chi connectivity index (χ4v) is 1.48. The van der Waals surface area contributed by atoms with Crippen LogP contribution in [0, 0.1) is 6.92 Å². The SMILES string of the molecule is COC(=O)CC(=O)NCCc1cccc(C)c1. The summed E-state index contributed by atoms with van der Waals surface area (Å²) in [6.45, 7) is 2.55. The van der Waals surface area contributed by atoms with Crippen LogP contribution in [0.4, 0.5) is 0 Å². The third-order valence-corrected chi connectivity index (χ3v) is 2.35. The van der Waals surface area contributed by atoms with Crippen LogP contribution in [-0.4, -0.2) is 25.5 Å². The highest BCUT2D eigenvalue weighted by atomic mass is 16.5. The molecule has 0 heterocycles. The van der Waals surface area contributed by atoms with Crippen LogP contribution < -0.4 is 5.32 Å². The lowest BCUT2D eigenvalue weighted by molar-refractivity contribution is -0.143. The van der Waals surface area contributed by atoms with Crippen molar-refractivity contribution in [3.8, 4) is 0 Å². The van der Waals surface area contributed by atoms with Gasteiger partial charge in [0.15, 0.2) is 0 Å². The van der Waals surface area contributed by atoms with Gasteiger partial charge in [0.25, 0.3) is 0 Å². The van der Waals surface area contributed by atoms with Crippen molar-refractivity contribution in [2.24, 2.45) is 0 Å². The topological polar surface area (TPSA) is 55.4 Å². The number of ether oxygens (including phenoxy) is 1. The van der Waals surface area contributed by atoms with E-state index < -0.39 is 5.97 Å². The minimum atomic E-state index is -0.516. The fraction of sp³-hybridized carbons (Fsp3) is 0.385. The predicted octanol–water partition coefficient (Wildman–Crippen LogP) is 1.22. The second-order valence-electron chi connectivity index (χ2n) is 3.84. The van der Waals surface area contributed by atoms with E-state index in [0.717, 1.165) is 6.42 Å². The van der Waals surface area contributed by atoms with Crippen molar-refractivity contribution in [2.45, 2.75) is 19.8 Å². The monoisotopic (exact) mass is 235 g/mol. The smallest absolute Gasteiger partial charge is 0.315 e. The molecule has 0 aliphatic carbocycles. The number of amides is 1. The van der Waals surface area contributed by atoms with Gasteiger partial charge in [-0.25, -0.2) is 0 Å². The molecule has 1 aromatic carbocycles. The van der Waals surface area contributed by atoms with E-state index in [1.165, 1.54) is 18.2 Å². The van der Waals surface area contributed by atoms with E-state index >= 15 is 0 Å². The number of hydrogen-bond donors (Lipinski definition) is 1. The van der Waals surface area contributed by atoms with Gasteiger partial charge in [0.2, 0.25) is 5.91 Å². The maximum atomic E-state index is 11.3. The van der Waals surface area contributed by atoms with Gasteiger partial charge in [0.1, 0.15) is 6.42 Å². The molecule has 1 rings (SSSR count). The zero-order valence-electron chi connectivity index (χ0n) is 10.2. The molecule has 0 aromatic heterocycles. The summed E-state index contributed by atoms with van der Waals surface area (Å²) in [5.74, 6) is -0.817. The van der Waals surface area contributed by atoms with Gasteiger partial charge in [0.05, 0.1) is 7.11 Å². The number of carbonyl (C=O) groups excluding carboxylic acids is 2. The van der Waals surface area contributed by atoms with Gasteiger partial charge in [-0.05, 0) is 18.9 Å². The summed E-state index contributed by atoms with van der Waals surface area (Å²) in [4.78, 5) is 22.1. The fourth-order valence-electron chi connectivity index (χ4n) is 1.48. The van der Waals surface area contributed by atoms with Crippen molar-refractivity contribution in [3.05, 3.63) is 35.4 Å². The number of carbonyl (C=O) groups is 2. The Labute approximate surface area is 101 Å². The number of esters is 1. The highest BCUT2D eigenvalue weighted by Crippen LogP contribution is 2.03. The lowest BCUT2D eigenvalue weighted by atomic mass is 10.1. The summed E-state index contributed by atoms with van der Waals surface area (Å²) in [6, 6.07) is 8.10. The molecule has 1 amide bonds. The van der Waals surface area contributed by atoms with E-state index in [1.807, 2.05) is 25.1 Å². The van der Waals surface area contributed by atoms with E-state index in [-0.39, 0.29) is 12.3 Å². The Morgan fingerprint density at radius 2 is 2.12 bits per heavy atom. The highest BCUT2D eigenvalue weighted by molar-refractivity contribution is 5.94. The maximum absolute atomic E-state index is 11.3. The molecule has 17 heavy (non-hydrogen) atoms. The van der Waals surface area contributed by atoms with E-state index in [1.54, 1.807) is 0 Å². The largest absolute Gasteiger partial charge is 0.469 e. The molecule has 92 valence electrons. The van der Waals surface area contributed by atoms with Crippen LogP contribution in [0.25, 0.3) is 0 Å². The van der Waals surface area contributed by atoms with Gasteiger partial charge < -0.3 is 10.1 Å². The van der Waals surface area contributed by atoms with Crippen LogP contribution in [0.3, 0.4) is 0 Å². The van der Waals surface area contributed by atoms with Crippen LogP contribution in [0.15, 0.2) is 24.3 Å². The minimum Gasteiger partial charge on any atom is -0.469 e. The van der Waals surface area contributed by atoms with Crippen molar-refractivity contribution >= 4 is 11.9 Å². The molecule has 1 N–H and O–H groups in total. The maximum Gasteiger partial charge on any atom is 0.315 e. The first-order valence-electron chi connectivity index (χ1n) is 5.51. The molecular formula is C13H17NO3. The number of aryl methyl sites for hydroxylation is 1. The lowest BCUT2D eigenvalue weighted by Gasteiger charge is -2.05. The molecule has 0 spiro atoms. The van der Waals surface area contributed by atoms with Crippen molar-refractivity contribution in [2.75, 3.05) is 13.7 Å². The van der Waals surface area contributed by atoms with Gasteiger partial charge in [-0.15, -0.1) is 0 Å². The molecule has 0 bridgehead atoms. The van der Waals surface area contributed by atoms with Crippen LogP contribution in [0.5, 0.6) is 0 Å². The Hall–Kier alpha value is -1.84. The molecule has 0 aliphatic rings. The Morgan fingerprint density at radius 3 is 2.76 bits per heavy atom. The van der Waals surface area contributed by atoms with Crippen molar-refractivity contribution in [1.29, 1.82) is 0 Å². The third kappa shape index (κ3) is 5.15. The van der Waals surface area contributed by atoms with Gasteiger partial charge >= 0.3 is 5.97 Å². The standard InChI is InChI=1S/C13H17NO3/c1-10-4-3-5-11(8-10)6-7-14-12(15)9-13(16)17-2/h3-5,8H,6-7,9H2,1-2H3,(H,14,15). The lowest BCUT2D eigenvalue weighted by Crippen LogP contribution is -2.28. The second kappa shape index (κ2) is 6.68. The Kier molecular flexibility index (Phi) is 5.20. The average molecular weight is 235 g/mol. The number of methoxy groups -OCH3 is 1. The summed E-state index contributed by atoms with van der Waals surface area (Å²) in [5, 5.41) is 2.68. The zero-order chi connectivity index (χ0) is 12.7. The molecule has 0 unspecified atom stereocenters. The minimum absolute atomic E-state index is 0.218. The molecule has 4 heteroatoms. The first-order chi connectivity index (χ1) is 8.11. The van der Waals surface area contributed by atoms with E-state index in [0.29, 0.717) is 6.54 Å². The van der Waals surface area contributed by atoms with E-state index in [2.05, 4.69) is 16.1 Å².